The summed E-state index contributed by atoms with van der Waals surface area (Å²) in [5.41, 5.74) is 2.96. The van der Waals surface area contributed by atoms with Gasteiger partial charge in [-0.3, -0.25) is 10.1 Å². The summed E-state index contributed by atoms with van der Waals surface area (Å²) < 4.78 is 4.93. The van der Waals surface area contributed by atoms with Crippen molar-refractivity contribution in [2.24, 2.45) is 0 Å². The van der Waals surface area contributed by atoms with E-state index in [0.717, 1.165) is 11.1 Å². The standard InChI is InChI=1S/C16H19NO3/c1-6-12(5)20-16(19)17-13-8-10(3)15(11(4)9-13)14(18)7-2/h1,8-9,12H,7H2,2-5H3,(H,17,19). The van der Waals surface area contributed by atoms with Crippen LogP contribution in [0.5, 0.6) is 0 Å². The van der Waals surface area contributed by atoms with E-state index in [1.807, 2.05) is 20.8 Å². The summed E-state index contributed by atoms with van der Waals surface area (Å²) >= 11 is 0. The molecule has 1 N–H and O–H groups in total. The first-order chi connectivity index (χ1) is 9.38. The van der Waals surface area contributed by atoms with Crippen LogP contribution in [0, 0.1) is 26.2 Å². The van der Waals surface area contributed by atoms with Crippen LogP contribution in [0.15, 0.2) is 12.1 Å². The summed E-state index contributed by atoms with van der Waals surface area (Å²) in [5.74, 6) is 2.40. The van der Waals surface area contributed by atoms with Crippen molar-refractivity contribution in [1.82, 2.24) is 0 Å². The summed E-state index contributed by atoms with van der Waals surface area (Å²) in [6, 6.07) is 3.50. The fourth-order valence-electron chi connectivity index (χ4n) is 1.99. The van der Waals surface area contributed by atoms with E-state index in [1.54, 1.807) is 19.1 Å². The van der Waals surface area contributed by atoms with Gasteiger partial charge in [0.2, 0.25) is 0 Å². The molecule has 20 heavy (non-hydrogen) atoms. The molecule has 0 bridgehead atoms. The number of ether oxygens (including phenoxy) is 1. The SMILES string of the molecule is C#CC(C)OC(=O)Nc1cc(C)c(C(=O)CC)c(C)c1. The van der Waals surface area contributed by atoms with Crippen LogP contribution in [0.2, 0.25) is 0 Å². The minimum atomic E-state index is -0.608. The third-order valence-corrected chi connectivity index (χ3v) is 2.90. The number of carbonyl (C=O) groups excluding carboxylic acids is 2. The third-order valence-electron chi connectivity index (χ3n) is 2.90. The number of hydrogen-bond acceptors (Lipinski definition) is 3. The van der Waals surface area contributed by atoms with Crippen LogP contribution < -0.4 is 5.32 Å². The van der Waals surface area contributed by atoms with Crippen molar-refractivity contribution >= 4 is 17.6 Å². The molecule has 1 amide bonds. The highest BCUT2D eigenvalue weighted by Crippen LogP contribution is 2.21. The van der Waals surface area contributed by atoms with Crippen LogP contribution in [0.3, 0.4) is 0 Å². The molecule has 0 aliphatic rings. The number of amides is 1. The summed E-state index contributed by atoms with van der Waals surface area (Å²) in [7, 11) is 0. The number of anilines is 1. The van der Waals surface area contributed by atoms with Crippen molar-refractivity contribution in [2.45, 2.75) is 40.2 Å². The number of rotatable bonds is 4. The number of carbonyl (C=O) groups is 2. The summed E-state index contributed by atoms with van der Waals surface area (Å²) in [6.07, 6.45) is 4.40. The van der Waals surface area contributed by atoms with E-state index >= 15 is 0 Å². The van der Waals surface area contributed by atoms with Gasteiger partial charge in [-0.25, -0.2) is 4.79 Å². The van der Waals surface area contributed by atoms with E-state index in [1.165, 1.54) is 0 Å². The molecule has 0 saturated heterocycles. The molecule has 0 saturated carbocycles. The summed E-state index contributed by atoms with van der Waals surface area (Å²) in [5, 5.41) is 2.60. The number of terminal acetylenes is 1. The van der Waals surface area contributed by atoms with Crippen LogP contribution >= 0.6 is 0 Å². The van der Waals surface area contributed by atoms with Crippen LogP contribution in [0.4, 0.5) is 10.5 Å². The van der Waals surface area contributed by atoms with Crippen LogP contribution in [-0.2, 0) is 4.74 Å². The van der Waals surface area contributed by atoms with E-state index < -0.39 is 12.2 Å². The smallest absolute Gasteiger partial charge is 0.412 e. The van der Waals surface area contributed by atoms with Gasteiger partial charge in [-0.1, -0.05) is 12.8 Å². The Bertz CT molecular complexity index is 547. The number of aryl methyl sites for hydroxylation is 2. The maximum Gasteiger partial charge on any atom is 0.412 e. The van der Waals surface area contributed by atoms with Gasteiger partial charge in [0.25, 0.3) is 0 Å². The Morgan fingerprint density at radius 1 is 1.35 bits per heavy atom. The maximum absolute atomic E-state index is 11.8. The van der Waals surface area contributed by atoms with Gasteiger partial charge in [-0.05, 0) is 44.0 Å². The molecular formula is C16H19NO3. The van der Waals surface area contributed by atoms with E-state index in [2.05, 4.69) is 11.2 Å². The lowest BCUT2D eigenvalue weighted by Gasteiger charge is -2.13. The summed E-state index contributed by atoms with van der Waals surface area (Å²) in [6.45, 7) is 7.12. The second kappa shape index (κ2) is 6.76. The lowest BCUT2D eigenvalue weighted by Crippen LogP contribution is -2.19. The summed E-state index contributed by atoms with van der Waals surface area (Å²) in [4.78, 5) is 23.4. The molecule has 1 unspecified atom stereocenters. The van der Waals surface area contributed by atoms with Crippen molar-refractivity contribution in [3.05, 3.63) is 28.8 Å². The highest BCUT2D eigenvalue weighted by molar-refractivity contribution is 5.99. The van der Waals surface area contributed by atoms with Crippen LogP contribution in [-0.4, -0.2) is 18.0 Å². The van der Waals surface area contributed by atoms with E-state index in [-0.39, 0.29) is 5.78 Å². The highest BCUT2D eigenvalue weighted by atomic mass is 16.6. The molecule has 0 fully saturated rings. The zero-order valence-electron chi connectivity index (χ0n) is 12.2. The largest absolute Gasteiger partial charge is 0.433 e. The predicted octanol–water partition coefficient (Wildman–Crippen LogP) is 3.47. The lowest BCUT2D eigenvalue weighted by molar-refractivity contribution is 0.0987. The molecule has 0 radical (unpaired) electrons. The van der Waals surface area contributed by atoms with Gasteiger partial charge in [0.05, 0.1) is 0 Å². The van der Waals surface area contributed by atoms with Crippen molar-refractivity contribution in [3.8, 4) is 12.3 Å². The number of ketones is 1. The Labute approximate surface area is 119 Å². The van der Waals surface area contributed by atoms with Gasteiger partial charge in [-0.15, -0.1) is 6.42 Å². The Morgan fingerprint density at radius 3 is 2.35 bits per heavy atom. The van der Waals surface area contributed by atoms with Crippen molar-refractivity contribution in [3.63, 3.8) is 0 Å². The molecule has 106 valence electrons. The van der Waals surface area contributed by atoms with Gasteiger partial charge in [0, 0.05) is 17.7 Å². The van der Waals surface area contributed by atoms with Crippen molar-refractivity contribution in [2.75, 3.05) is 5.32 Å². The minimum Gasteiger partial charge on any atom is -0.433 e. The van der Waals surface area contributed by atoms with E-state index in [9.17, 15) is 9.59 Å². The average molecular weight is 273 g/mol. The Balaban J connectivity index is 2.92. The van der Waals surface area contributed by atoms with Crippen LogP contribution in [0.25, 0.3) is 0 Å². The zero-order chi connectivity index (χ0) is 15.3. The second-order valence-electron chi connectivity index (χ2n) is 4.60. The lowest BCUT2D eigenvalue weighted by atomic mass is 9.97. The molecule has 1 aromatic carbocycles. The topological polar surface area (TPSA) is 55.4 Å². The van der Waals surface area contributed by atoms with Gasteiger partial charge in [-0.2, -0.15) is 0 Å². The first-order valence-electron chi connectivity index (χ1n) is 6.47. The van der Waals surface area contributed by atoms with Crippen molar-refractivity contribution < 1.29 is 14.3 Å². The first-order valence-corrected chi connectivity index (χ1v) is 6.47. The second-order valence-corrected chi connectivity index (χ2v) is 4.60. The minimum absolute atomic E-state index is 0.0927. The Hall–Kier alpha value is -2.28. The number of benzene rings is 1. The molecule has 1 rings (SSSR count). The average Bonchev–Trinajstić information content (AvgIpc) is 2.37. The number of Topliss-reactive ketones (excluding diaryl/α,β-unsaturated/α-hetero) is 1. The molecule has 0 aromatic heterocycles. The molecule has 0 heterocycles. The van der Waals surface area contributed by atoms with Crippen molar-refractivity contribution in [1.29, 1.82) is 0 Å². The molecule has 0 aliphatic heterocycles. The molecular weight excluding hydrogens is 254 g/mol. The quantitative estimate of drug-likeness (QED) is 0.675. The molecule has 1 atom stereocenters. The van der Waals surface area contributed by atoms with E-state index in [0.29, 0.717) is 17.7 Å². The number of hydrogen-bond donors (Lipinski definition) is 1. The maximum atomic E-state index is 11.8. The van der Waals surface area contributed by atoms with E-state index in [4.69, 9.17) is 11.2 Å². The fourth-order valence-corrected chi connectivity index (χ4v) is 1.99. The normalized spacial score (nSPS) is 11.3. The number of nitrogens with one attached hydrogen (secondary N) is 1. The fraction of sp³-hybridized carbons (Fsp3) is 0.375. The third kappa shape index (κ3) is 3.86. The van der Waals surface area contributed by atoms with Gasteiger partial charge in [0.15, 0.2) is 11.9 Å². The molecule has 0 aliphatic carbocycles. The Morgan fingerprint density at radius 2 is 1.90 bits per heavy atom. The predicted molar refractivity (Wildman–Crippen MR) is 78.9 cm³/mol. The van der Waals surface area contributed by atoms with Gasteiger partial charge < -0.3 is 4.74 Å². The van der Waals surface area contributed by atoms with Gasteiger partial charge in [0.1, 0.15) is 0 Å². The molecule has 0 spiro atoms. The van der Waals surface area contributed by atoms with Crippen LogP contribution in [0.1, 0.15) is 41.8 Å². The monoisotopic (exact) mass is 273 g/mol. The Kier molecular flexibility index (Phi) is 5.33. The van der Waals surface area contributed by atoms with Gasteiger partial charge >= 0.3 is 6.09 Å². The molecule has 1 aromatic rings. The zero-order valence-corrected chi connectivity index (χ0v) is 12.2. The molecule has 4 heteroatoms. The molecule has 4 nitrogen and oxygen atoms in total. The highest BCUT2D eigenvalue weighted by Gasteiger charge is 2.13. The first kappa shape index (κ1) is 15.8.